The van der Waals surface area contributed by atoms with Gasteiger partial charge in [-0.1, -0.05) is 18.2 Å². The second-order valence-electron chi connectivity index (χ2n) is 5.43. The minimum atomic E-state index is -0.280. The van der Waals surface area contributed by atoms with Crippen LogP contribution in [0.5, 0.6) is 0 Å². The van der Waals surface area contributed by atoms with E-state index in [9.17, 15) is 4.79 Å². The van der Waals surface area contributed by atoms with Gasteiger partial charge in [-0.15, -0.1) is 0 Å². The highest BCUT2D eigenvalue weighted by atomic mass is 16.2. The molecule has 2 aromatic heterocycles. The van der Waals surface area contributed by atoms with Crippen molar-refractivity contribution in [3.8, 4) is 11.4 Å². The van der Waals surface area contributed by atoms with Gasteiger partial charge in [0.15, 0.2) is 5.82 Å². The quantitative estimate of drug-likeness (QED) is 0.773. The molecule has 2 amide bonds. The van der Waals surface area contributed by atoms with Crippen molar-refractivity contribution in [3.63, 3.8) is 0 Å². The normalized spacial score (nSPS) is 11.8. The van der Waals surface area contributed by atoms with Crippen LogP contribution < -0.4 is 10.6 Å². The highest BCUT2D eigenvalue weighted by Gasteiger charge is 2.10. The Hall–Kier alpha value is -3.22. The molecular formula is C17H18N6O. The molecule has 0 bridgehead atoms. The number of carbonyl (C=O) groups excluding carboxylic acids is 1. The summed E-state index contributed by atoms with van der Waals surface area (Å²) in [5.41, 5.74) is 2.46. The number of amides is 2. The Morgan fingerprint density at radius 2 is 2.12 bits per heavy atom. The summed E-state index contributed by atoms with van der Waals surface area (Å²) >= 11 is 0. The summed E-state index contributed by atoms with van der Waals surface area (Å²) in [6, 6.07) is 10.8. The van der Waals surface area contributed by atoms with Gasteiger partial charge in [0, 0.05) is 30.7 Å². The van der Waals surface area contributed by atoms with Gasteiger partial charge in [0.2, 0.25) is 0 Å². The molecule has 0 aliphatic heterocycles. The van der Waals surface area contributed by atoms with Gasteiger partial charge in [-0.05, 0) is 30.7 Å². The average Bonchev–Trinajstić information content (AvgIpc) is 3.02. The lowest BCUT2D eigenvalue weighted by molar-refractivity contribution is 0.249. The first-order chi connectivity index (χ1) is 11.6. The molecule has 7 nitrogen and oxygen atoms in total. The molecule has 0 spiro atoms. The Labute approximate surface area is 139 Å². The minimum absolute atomic E-state index is 0.140. The zero-order chi connectivity index (χ0) is 16.9. The van der Waals surface area contributed by atoms with Crippen molar-refractivity contribution >= 4 is 11.7 Å². The van der Waals surface area contributed by atoms with Crippen LogP contribution in [0.25, 0.3) is 11.4 Å². The van der Waals surface area contributed by atoms with Gasteiger partial charge in [0.25, 0.3) is 0 Å². The number of hydrogen-bond donors (Lipinski definition) is 2. The van der Waals surface area contributed by atoms with Gasteiger partial charge in [-0.3, -0.25) is 9.67 Å². The van der Waals surface area contributed by atoms with Crippen molar-refractivity contribution < 1.29 is 4.79 Å². The number of aromatic nitrogens is 4. The number of benzene rings is 1. The first-order valence-corrected chi connectivity index (χ1v) is 7.55. The van der Waals surface area contributed by atoms with Crippen LogP contribution in [0.2, 0.25) is 0 Å². The topological polar surface area (TPSA) is 84.7 Å². The van der Waals surface area contributed by atoms with Gasteiger partial charge in [0.1, 0.15) is 6.33 Å². The van der Waals surface area contributed by atoms with Crippen LogP contribution >= 0.6 is 0 Å². The van der Waals surface area contributed by atoms with Gasteiger partial charge < -0.3 is 10.6 Å². The number of anilines is 1. The third kappa shape index (κ3) is 3.75. The molecule has 0 unspecified atom stereocenters. The molecule has 122 valence electrons. The molecule has 2 N–H and O–H groups in total. The number of urea groups is 1. The Balaban J connectivity index is 1.66. The van der Waals surface area contributed by atoms with Crippen LogP contribution in [0.1, 0.15) is 18.5 Å². The lowest BCUT2D eigenvalue weighted by atomic mass is 10.1. The van der Waals surface area contributed by atoms with Gasteiger partial charge in [-0.2, -0.15) is 5.10 Å². The first kappa shape index (κ1) is 15.7. The van der Waals surface area contributed by atoms with E-state index in [4.69, 9.17) is 0 Å². The molecule has 1 atom stereocenters. The smallest absolute Gasteiger partial charge is 0.319 e. The molecular weight excluding hydrogens is 304 g/mol. The SMILES string of the molecule is C[C@@H](NC(=O)Nc1cccc(-c2ncn(C)n2)c1)c1cccnc1. The van der Waals surface area contributed by atoms with Crippen molar-refractivity contribution in [3.05, 3.63) is 60.7 Å². The molecule has 0 radical (unpaired) electrons. The maximum atomic E-state index is 12.2. The zero-order valence-electron chi connectivity index (χ0n) is 13.5. The molecule has 3 rings (SSSR count). The maximum absolute atomic E-state index is 12.2. The number of aryl methyl sites for hydroxylation is 1. The summed E-state index contributed by atoms with van der Waals surface area (Å²) in [4.78, 5) is 20.4. The van der Waals surface area contributed by atoms with Crippen molar-refractivity contribution in [2.24, 2.45) is 7.05 Å². The highest BCUT2D eigenvalue weighted by molar-refractivity contribution is 5.90. The van der Waals surface area contributed by atoms with E-state index in [1.807, 2.05) is 50.4 Å². The lowest BCUT2D eigenvalue weighted by Crippen LogP contribution is -2.31. The van der Waals surface area contributed by atoms with Crippen molar-refractivity contribution in [1.29, 1.82) is 0 Å². The molecule has 0 saturated heterocycles. The largest absolute Gasteiger partial charge is 0.331 e. The predicted molar refractivity (Wildman–Crippen MR) is 91.2 cm³/mol. The number of nitrogens with zero attached hydrogens (tertiary/aromatic N) is 4. The second-order valence-corrected chi connectivity index (χ2v) is 5.43. The third-order valence-corrected chi connectivity index (χ3v) is 3.51. The van der Waals surface area contributed by atoms with Crippen molar-refractivity contribution in [1.82, 2.24) is 25.1 Å². The monoisotopic (exact) mass is 322 g/mol. The fourth-order valence-corrected chi connectivity index (χ4v) is 2.29. The van der Waals surface area contributed by atoms with E-state index in [1.165, 1.54) is 0 Å². The van der Waals surface area contributed by atoms with Gasteiger partial charge in [0.05, 0.1) is 6.04 Å². The van der Waals surface area contributed by atoms with Crippen LogP contribution in [0, 0.1) is 0 Å². The molecule has 0 fully saturated rings. The maximum Gasteiger partial charge on any atom is 0.319 e. The standard InChI is InChI=1S/C17H18N6O/c1-12(14-6-4-8-18-10-14)20-17(24)21-15-7-3-5-13(9-15)16-19-11-23(2)22-16/h3-12H,1-2H3,(H2,20,21,24)/t12-/m1/s1. The molecule has 0 aliphatic carbocycles. The Kier molecular flexibility index (Phi) is 4.51. The van der Waals surface area contributed by atoms with Gasteiger partial charge >= 0.3 is 6.03 Å². The molecule has 0 saturated carbocycles. The van der Waals surface area contributed by atoms with Crippen LogP contribution in [0.3, 0.4) is 0 Å². The van der Waals surface area contributed by atoms with Crippen LogP contribution in [-0.2, 0) is 7.05 Å². The lowest BCUT2D eigenvalue weighted by Gasteiger charge is -2.14. The Morgan fingerprint density at radius 1 is 1.25 bits per heavy atom. The van der Waals surface area contributed by atoms with Crippen molar-refractivity contribution in [2.45, 2.75) is 13.0 Å². The van der Waals surface area contributed by atoms with Crippen LogP contribution in [-0.4, -0.2) is 25.8 Å². The summed E-state index contributed by atoms with van der Waals surface area (Å²) in [5, 5.41) is 9.97. The van der Waals surface area contributed by atoms with Crippen LogP contribution in [0.4, 0.5) is 10.5 Å². The number of pyridine rings is 1. The fraction of sp³-hybridized carbons (Fsp3) is 0.176. The molecule has 0 aliphatic rings. The van der Waals surface area contributed by atoms with E-state index < -0.39 is 0 Å². The van der Waals surface area contributed by atoms with E-state index >= 15 is 0 Å². The summed E-state index contributed by atoms with van der Waals surface area (Å²) in [6.45, 7) is 1.91. The minimum Gasteiger partial charge on any atom is -0.331 e. The van der Waals surface area contributed by atoms with E-state index in [-0.39, 0.29) is 12.1 Å². The van der Waals surface area contributed by atoms with E-state index in [1.54, 1.807) is 23.4 Å². The highest BCUT2D eigenvalue weighted by Crippen LogP contribution is 2.19. The molecule has 3 aromatic rings. The number of nitrogens with one attached hydrogen (secondary N) is 2. The molecule has 24 heavy (non-hydrogen) atoms. The number of hydrogen-bond acceptors (Lipinski definition) is 4. The van der Waals surface area contributed by atoms with Gasteiger partial charge in [-0.25, -0.2) is 9.78 Å². The average molecular weight is 322 g/mol. The zero-order valence-corrected chi connectivity index (χ0v) is 13.5. The summed E-state index contributed by atoms with van der Waals surface area (Å²) in [5.74, 6) is 0.616. The second kappa shape index (κ2) is 6.91. The summed E-state index contributed by atoms with van der Waals surface area (Å²) in [6.07, 6.45) is 5.07. The molecule has 2 heterocycles. The third-order valence-electron chi connectivity index (χ3n) is 3.51. The fourth-order valence-electron chi connectivity index (χ4n) is 2.29. The summed E-state index contributed by atoms with van der Waals surface area (Å²) < 4.78 is 1.64. The number of rotatable bonds is 4. The van der Waals surface area contributed by atoms with E-state index in [2.05, 4.69) is 25.7 Å². The van der Waals surface area contributed by atoms with Crippen LogP contribution in [0.15, 0.2) is 55.1 Å². The predicted octanol–water partition coefficient (Wildman–Crippen LogP) is 2.76. The Bertz CT molecular complexity index is 830. The summed E-state index contributed by atoms with van der Waals surface area (Å²) in [7, 11) is 1.81. The number of carbonyl (C=O) groups is 1. The molecule has 7 heteroatoms. The Morgan fingerprint density at radius 3 is 2.83 bits per heavy atom. The van der Waals surface area contributed by atoms with E-state index in [0.717, 1.165) is 11.1 Å². The first-order valence-electron chi connectivity index (χ1n) is 7.55. The molecule has 1 aromatic carbocycles. The van der Waals surface area contributed by atoms with Crippen molar-refractivity contribution in [2.75, 3.05) is 5.32 Å². The van der Waals surface area contributed by atoms with E-state index in [0.29, 0.717) is 11.5 Å².